The van der Waals surface area contributed by atoms with Crippen molar-refractivity contribution in [1.29, 1.82) is 0 Å². The van der Waals surface area contributed by atoms with Gasteiger partial charge in [0.05, 0.1) is 60.5 Å². The van der Waals surface area contributed by atoms with E-state index in [-0.39, 0.29) is 80.7 Å². The van der Waals surface area contributed by atoms with E-state index in [0.717, 1.165) is 41.3 Å². The van der Waals surface area contributed by atoms with Crippen LogP contribution in [-0.4, -0.2) is 103 Å². The SMILES string of the molecule is O=C(O)C1CCC(Nc2cccc(Sc3ccc(/C=C/C(=O)N4CCOC(OC(=O)C5CCC(Nc6cccc(Sc7ccc(/C=C/C(=O)N8CCOCC8)c(C(F)(F)F)c7C(F)(F)F)c6)CC5)C4)c(C(F)(F)F)c3C(F)(F)F)c2)CC1. The number of benzene rings is 4. The first-order valence-corrected chi connectivity index (χ1v) is 27.6. The van der Waals surface area contributed by atoms with Crippen molar-refractivity contribution in [2.75, 3.05) is 56.6 Å². The van der Waals surface area contributed by atoms with Crippen LogP contribution in [0.3, 0.4) is 0 Å². The Kier molecular flexibility index (Phi) is 19.6. The summed E-state index contributed by atoms with van der Waals surface area (Å²) < 4.78 is 192. The minimum absolute atomic E-state index is 0.0953. The monoisotopic (exact) mass is 1200 g/mol. The second-order valence-corrected chi connectivity index (χ2v) is 22.1. The van der Waals surface area contributed by atoms with Gasteiger partial charge in [0, 0.05) is 74.8 Å². The van der Waals surface area contributed by atoms with Crippen molar-refractivity contribution < 1.29 is 91.2 Å². The molecule has 12 nitrogen and oxygen atoms in total. The van der Waals surface area contributed by atoms with Gasteiger partial charge in [0.2, 0.25) is 18.1 Å². The van der Waals surface area contributed by atoms with E-state index in [0.29, 0.717) is 85.6 Å². The highest BCUT2D eigenvalue weighted by atomic mass is 32.2. The van der Waals surface area contributed by atoms with Crippen LogP contribution in [0.25, 0.3) is 12.2 Å². The minimum atomic E-state index is -5.52. The number of rotatable bonds is 15. The normalized spacial score (nSPS) is 21.4. The van der Waals surface area contributed by atoms with Crippen molar-refractivity contribution in [2.45, 2.75) is 114 Å². The Balaban J connectivity index is 0.859. The molecule has 82 heavy (non-hydrogen) atoms. The van der Waals surface area contributed by atoms with Crippen LogP contribution in [0.4, 0.5) is 64.1 Å². The predicted octanol–water partition coefficient (Wildman–Crippen LogP) is 13.4. The van der Waals surface area contributed by atoms with Gasteiger partial charge in [0.15, 0.2) is 0 Å². The number of hydrogen-bond acceptors (Lipinski definition) is 11. The van der Waals surface area contributed by atoms with Crippen LogP contribution < -0.4 is 10.6 Å². The molecule has 1 unspecified atom stereocenters. The van der Waals surface area contributed by atoms with Gasteiger partial charge >= 0.3 is 36.6 Å². The number of morpholine rings is 2. The van der Waals surface area contributed by atoms with Gasteiger partial charge < -0.3 is 39.8 Å². The summed E-state index contributed by atoms with van der Waals surface area (Å²) in [6.45, 7) is 0.145. The van der Waals surface area contributed by atoms with Gasteiger partial charge in [0.25, 0.3) is 0 Å². The number of carboxylic acid groups (broad SMARTS) is 1. The van der Waals surface area contributed by atoms with Crippen LogP contribution in [0, 0.1) is 11.8 Å². The van der Waals surface area contributed by atoms with E-state index in [4.69, 9.17) is 14.2 Å². The second-order valence-electron chi connectivity index (χ2n) is 19.9. The number of ether oxygens (including phenoxy) is 3. The number of halogens is 12. The summed E-state index contributed by atoms with van der Waals surface area (Å²) in [5.74, 6) is -4.26. The van der Waals surface area contributed by atoms with Gasteiger partial charge in [-0.05, 0) is 123 Å². The van der Waals surface area contributed by atoms with E-state index in [2.05, 4.69) is 10.6 Å². The highest BCUT2D eigenvalue weighted by molar-refractivity contribution is 7.99. The number of esters is 1. The van der Waals surface area contributed by atoms with Gasteiger partial charge in [-0.3, -0.25) is 19.2 Å². The van der Waals surface area contributed by atoms with Gasteiger partial charge in [-0.2, -0.15) is 52.7 Å². The van der Waals surface area contributed by atoms with Crippen molar-refractivity contribution in [1.82, 2.24) is 9.80 Å². The van der Waals surface area contributed by atoms with Crippen LogP contribution in [0.2, 0.25) is 0 Å². The molecule has 4 aromatic carbocycles. The summed E-state index contributed by atoms with van der Waals surface area (Å²) >= 11 is 0.942. The second kappa shape index (κ2) is 26.0. The molecule has 3 N–H and O–H groups in total. The number of carboxylic acids is 1. The first-order chi connectivity index (χ1) is 38.7. The average molecular weight is 1200 g/mol. The van der Waals surface area contributed by atoms with Crippen molar-refractivity contribution in [3.05, 3.63) is 118 Å². The van der Waals surface area contributed by atoms with E-state index in [1.165, 1.54) is 41.3 Å². The molecule has 2 aliphatic carbocycles. The first-order valence-electron chi connectivity index (χ1n) is 26.0. The Morgan fingerprint density at radius 3 is 1.41 bits per heavy atom. The number of hydrogen-bond donors (Lipinski definition) is 3. The van der Waals surface area contributed by atoms with Gasteiger partial charge in [0.1, 0.15) is 0 Å². The third-order valence-electron chi connectivity index (χ3n) is 14.3. The van der Waals surface area contributed by atoms with E-state index in [1.54, 1.807) is 12.1 Å². The molecule has 4 aromatic rings. The molecule has 0 spiro atoms. The summed E-state index contributed by atoms with van der Waals surface area (Å²) in [5, 5.41) is 15.8. The molecule has 1 atom stereocenters. The predicted molar refractivity (Wildman–Crippen MR) is 278 cm³/mol. The lowest BCUT2D eigenvalue weighted by molar-refractivity contribution is -0.200. The van der Waals surface area contributed by atoms with E-state index in [1.807, 2.05) is 0 Å². The van der Waals surface area contributed by atoms with Gasteiger partial charge in [-0.25, -0.2) is 0 Å². The van der Waals surface area contributed by atoms with Gasteiger partial charge in [-0.1, -0.05) is 47.8 Å². The first kappa shape index (κ1) is 61.7. The Morgan fingerprint density at radius 1 is 0.549 bits per heavy atom. The van der Waals surface area contributed by atoms with Crippen molar-refractivity contribution in [3.63, 3.8) is 0 Å². The smallest absolute Gasteiger partial charge is 0.418 e. The number of carbonyl (C=O) groups excluding carboxylic acids is 3. The molecule has 8 rings (SSSR count). The Morgan fingerprint density at radius 2 is 0.976 bits per heavy atom. The fraction of sp³-hybridized carbons (Fsp3) is 0.429. The number of aliphatic carboxylic acids is 1. The van der Waals surface area contributed by atoms with E-state index in [9.17, 15) is 77.0 Å². The Labute approximate surface area is 471 Å². The zero-order valence-electron chi connectivity index (χ0n) is 43.3. The Hall–Kier alpha value is -6.38. The molecule has 0 bridgehead atoms. The van der Waals surface area contributed by atoms with Crippen molar-refractivity contribution >= 4 is 70.8 Å². The lowest BCUT2D eigenvalue weighted by atomic mass is 9.86. The van der Waals surface area contributed by atoms with Crippen LogP contribution in [0.1, 0.15) is 84.7 Å². The number of alkyl halides is 12. The molecule has 0 aromatic heterocycles. The topological polar surface area (TPSA) is 147 Å². The average Bonchev–Trinajstić information content (AvgIpc) is 2.40. The maximum absolute atomic E-state index is 14.7. The summed E-state index contributed by atoms with van der Waals surface area (Å²) in [4.78, 5) is 52.0. The molecule has 2 saturated heterocycles. The number of nitrogens with one attached hydrogen (secondary N) is 2. The zero-order chi connectivity index (χ0) is 59.1. The fourth-order valence-electron chi connectivity index (χ4n) is 10.2. The van der Waals surface area contributed by atoms with Crippen LogP contribution in [0.15, 0.2) is 105 Å². The lowest BCUT2D eigenvalue weighted by Gasteiger charge is -2.33. The maximum Gasteiger partial charge on any atom is 0.418 e. The molecule has 0 radical (unpaired) electrons. The molecule has 4 fully saturated rings. The summed E-state index contributed by atoms with van der Waals surface area (Å²) in [7, 11) is 0. The van der Waals surface area contributed by atoms with Crippen molar-refractivity contribution in [3.8, 4) is 0 Å². The molecular weight excluding hydrogens is 1150 g/mol. The molecule has 26 heteroatoms. The molecule has 4 aliphatic rings. The van der Waals surface area contributed by atoms with E-state index >= 15 is 0 Å². The van der Waals surface area contributed by atoms with Crippen LogP contribution in [0.5, 0.6) is 0 Å². The fourth-order valence-corrected chi connectivity index (χ4v) is 12.3. The number of anilines is 2. The molecule has 442 valence electrons. The number of carbonyl (C=O) groups is 4. The van der Waals surface area contributed by atoms with Crippen molar-refractivity contribution in [2.24, 2.45) is 11.8 Å². The highest BCUT2D eigenvalue weighted by Crippen LogP contribution is 2.50. The molecule has 2 saturated carbocycles. The standard InChI is InChI=1S/C56H54F12N4O8S2/c57-53(58,59)47-32(13-21-44(73)71-23-26-78-27-24-71)11-19-42(49(47)55(63,64)65)82-41-6-2-4-39(30-41)70-37-17-9-35(10-18-37)52(77)80-46-31-72(25-28-79-46)45(74)22-14-33-12-20-43(50(56(66,67)68)48(33)54(60,61)62)81-40-5-1-3-38(29-40)69-36-15-7-34(8-16-36)51(75)76/h1-6,11-14,19-22,29-30,34-37,46,69-70H,7-10,15-18,23-28,31H2,(H,75,76)/b21-13+,22-14+. The summed E-state index contributed by atoms with van der Waals surface area (Å²) in [6.07, 6.45) is -17.0. The van der Waals surface area contributed by atoms with Gasteiger partial charge in [-0.15, -0.1) is 0 Å². The van der Waals surface area contributed by atoms with Crippen LogP contribution >= 0.6 is 23.5 Å². The molecule has 2 amide bonds. The summed E-state index contributed by atoms with van der Waals surface area (Å²) in [6, 6.07) is 15.3. The largest absolute Gasteiger partial charge is 0.481 e. The minimum Gasteiger partial charge on any atom is -0.481 e. The van der Waals surface area contributed by atoms with E-state index < -0.39 is 110 Å². The number of amides is 2. The number of nitrogens with zero attached hydrogens (tertiary/aromatic N) is 2. The molecular formula is C56H54F12N4O8S2. The maximum atomic E-state index is 14.7. The lowest BCUT2D eigenvalue weighted by Crippen LogP contribution is -2.47. The molecule has 2 aliphatic heterocycles. The quantitative estimate of drug-likeness (QED) is 0.0591. The zero-order valence-corrected chi connectivity index (χ0v) is 44.9. The Bertz CT molecular complexity index is 3020. The third-order valence-corrected chi connectivity index (χ3v) is 16.4. The third kappa shape index (κ3) is 16.0. The van der Waals surface area contributed by atoms with Crippen LogP contribution in [-0.2, 0) is 58.1 Å². The molecule has 2 heterocycles. The summed E-state index contributed by atoms with van der Waals surface area (Å²) in [5.41, 5.74) is -8.62. The highest BCUT2D eigenvalue weighted by Gasteiger charge is 2.48.